The molecule has 0 bridgehead atoms. The van der Waals surface area contributed by atoms with E-state index in [9.17, 15) is 0 Å². The Kier molecular flexibility index (Phi) is 1.01. The molecule has 6 atom stereocenters. The minimum atomic E-state index is 0.235. The van der Waals surface area contributed by atoms with Gasteiger partial charge in [0.25, 0.3) is 0 Å². The van der Waals surface area contributed by atoms with Crippen molar-refractivity contribution in [2.75, 3.05) is 20.3 Å². The minimum Gasteiger partial charge on any atom is -0.381 e. The molecule has 0 spiro atoms. The molecule has 1 aliphatic heterocycles. The second-order valence-electron chi connectivity index (χ2n) is 4.89. The molecule has 2 heteroatoms. The van der Waals surface area contributed by atoms with E-state index in [1.165, 1.54) is 0 Å². The molecule has 0 radical (unpaired) electrons. The third-order valence-electron chi connectivity index (χ3n) is 4.81. The van der Waals surface area contributed by atoms with Crippen molar-refractivity contribution in [2.45, 2.75) is 5.60 Å². The number of methoxy groups -OCH3 is 1. The SMILES string of the molecule is COC12[C@H]3[C@H]4COC[C@H]4[C@@H]1C=C[C@H]32. The maximum absolute atomic E-state index is 5.78. The summed E-state index contributed by atoms with van der Waals surface area (Å²) in [5.74, 6) is 3.75. The molecule has 70 valence electrons. The standard InChI is InChI=1S/C11H14O2/c1-12-11-8-2-3-9(11)10(11)7-5-13-4-6(7)8/h2-3,6-10H,4-5H2,1H3/t6-,7+,8+,9-,10+,11?/m1/s1. The molecule has 4 rings (SSSR count). The largest absolute Gasteiger partial charge is 0.381 e. The lowest BCUT2D eigenvalue weighted by molar-refractivity contribution is 0.0264. The van der Waals surface area contributed by atoms with E-state index in [1.54, 1.807) is 0 Å². The average Bonchev–Trinajstić information content (AvgIpc) is 2.56. The highest BCUT2D eigenvalue weighted by Crippen LogP contribution is 2.74. The fraction of sp³-hybridized carbons (Fsp3) is 0.818. The van der Waals surface area contributed by atoms with E-state index < -0.39 is 0 Å². The summed E-state index contributed by atoms with van der Waals surface area (Å²) in [6, 6.07) is 0. The summed E-state index contributed by atoms with van der Waals surface area (Å²) in [5.41, 5.74) is 0.235. The van der Waals surface area contributed by atoms with Crippen LogP contribution in [0.5, 0.6) is 0 Å². The molecular weight excluding hydrogens is 164 g/mol. The summed E-state index contributed by atoms with van der Waals surface area (Å²) in [6.45, 7) is 1.95. The second-order valence-corrected chi connectivity index (χ2v) is 4.89. The Morgan fingerprint density at radius 3 is 2.85 bits per heavy atom. The van der Waals surface area contributed by atoms with Gasteiger partial charge in [0.2, 0.25) is 0 Å². The maximum Gasteiger partial charge on any atom is 0.0848 e. The van der Waals surface area contributed by atoms with E-state index in [1.807, 2.05) is 7.11 Å². The quantitative estimate of drug-likeness (QED) is 0.559. The molecule has 3 aliphatic carbocycles. The zero-order chi connectivity index (χ0) is 8.63. The Bertz CT molecular complexity index is 298. The van der Waals surface area contributed by atoms with Gasteiger partial charge in [0, 0.05) is 24.9 Å². The summed E-state index contributed by atoms with van der Waals surface area (Å²) in [5, 5.41) is 0. The Hall–Kier alpha value is -0.340. The molecule has 1 heterocycles. The van der Waals surface area contributed by atoms with Crippen LogP contribution in [0, 0.1) is 29.6 Å². The highest BCUT2D eigenvalue weighted by atomic mass is 16.5. The van der Waals surface area contributed by atoms with E-state index in [4.69, 9.17) is 9.47 Å². The number of hydrogen-bond donors (Lipinski definition) is 0. The van der Waals surface area contributed by atoms with Crippen LogP contribution in [-0.4, -0.2) is 25.9 Å². The van der Waals surface area contributed by atoms with Crippen LogP contribution < -0.4 is 0 Å². The summed E-state index contributed by atoms with van der Waals surface area (Å²) in [4.78, 5) is 0. The van der Waals surface area contributed by atoms with Crippen LogP contribution in [0.1, 0.15) is 0 Å². The first-order chi connectivity index (χ1) is 6.39. The molecule has 0 aromatic rings. The van der Waals surface area contributed by atoms with Crippen LogP contribution in [0.15, 0.2) is 12.2 Å². The number of rotatable bonds is 1. The molecule has 4 aliphatic rings. The van der Waals surface area contributed by atoms with Gasteiger partial charge in [-0.3, -0.25) is 0 Å². The van der Waals surface area contributed by atoms with E-state index in [0.717, 1.165) is 36.9 Å². The third kappa shape index (κ3) is 0.522. The highest BCUT2D eigenvalue weighted by Gasteiger charge is 2.80. The molecule has 3 fully saturated rings. The fourth-order valence-corrected chi connectivity index (χ4v) is 4.36. The topological polar surface area (TPSA) is 18.5 Å². The Balaban J connectivity index is 1.82. The van der Waals surface area contributed by atoms with Gasteiger partial charge < -0.3 is 9.47 Å². The summed E-state index contributed by atoms with van der Waals surface area (Å²) >= 11 is 0. The monoisotopic (exact) mass is 178 g/mol. The maximum atomic E-state index is 5.78. The van der Waals surface area contributed by atoms with Crippen molar-refractivity contribution in [1.29, 1.82) is 0 Å². The van der Waals surface area contributed by atoms with Gasteiger partial charge in [0.1, 0.15) is 0 Å². The van der Waals surface area contributed by atoms with Crippen molar-refractivity contribution < 1.29 is 9.47 Å². The van der Waals surface area contributed by atoms with Gasteiger partial charge in [0.15, 0.2) is 0 Å². The van der Waals surface area contributed by atoms with Crippen LogP contribution >= 0.6 is 0 Å². The average molecular weight is 178 g/mol. The first-order valence-electron chi connectivity index (χ1n) is 5.21. The molecule has 2 nitrogen and oxygen atoms in total. The Morgan fingerprint density at radius 2 is 2.00 bits per heavy atom. The third-order valence-corrected chi connectivity index (χ3v) is 4.81. The van der Waals surface area contributed by atoms with Crippen LogP contribution in [0.2, 0.25) is 0 Å². The predicted octanol–water partition coefficient (Wildman–Crippen LogP) is 1.08. The van der Waals surface area contributed by atoms with Crippen molar-refractivity contribution >= 4 is 0 Å². The van der Waals surface area contributed by atoms with Crippen LogP contribution in [0.4, 0.5) is 0 Å². The second kappa shape index (κ2) is 1.86. The van der Waals surface area contributed by atoms with Crippen molar-refractivity contribution in [3.8, 4) is 0 Å². The van der Waals surface area contributed by atoms with Gasteiger partial charge in [-0.1, -0.05) is 12.2 Å². The van der Waals surface area contributed by atoms with E-state index >= 15 is 0 Å². The first-order valence-corrected chi connectivity index (χ1v) is 5.21. The van der Waals surface area contributed by atoms with Gasteiger partial charge in [-0.05, 0) is 11.8 Å². The smallest absolute Gasteiger partial charge is 0.0848 e. The Labute approximate surface area is 77.9 Å². The Morgan fingerprint density at radius 1 is 1.23 bits per heavy atom. The normalized spacial score (nSPS) is 65.5. The summed E-state index contributed by atoms with van der Waals surface area (Å²) in [6.07, 6.45) is 4.77. The van der Waals surface area contributed by atoms with Crippen LogP contribution in [0.25, 0.3) is 0 Å². The molecule has 0 amide bonds. The molecule has 0 N–H and O–H groups in total. The zero-order valence-electron chi connectivity index (χ0n) is 7.77. The lowest BCUT2D eigenvalue weighted by atomic mass is 9.87. The lowest BCUT2D eigenvalue weighted by Gasteiger charge is -2.21. The molecular formula is C11H14O2. The van der Waals surface area contributed by atoms with E-state index in [2.05, 4.69) is 12.2 Å². The molecule has 0 aromatic carbocycles. The van der Waals surface area contributed by atoms with Gasteiger partial charge in [0.05, 0.1) is 18.8 Å². The molecule has 1 unspecified atom stereocenters. The summed E-state index contributed by atoms with van der Waals surface area (Å²) in [7, 11) is 1.88. The predicted molar refractivity (Wildman–Crippen MR) is 47.1 cm³/mol. The van der Waals surface area contributed by atoms with Gasteiger partial charge in [-0.15, -0.1) is 0 Å². The summed E-state index contributed by atoms with van der Waals surface area (Å²) < 4.78 is 11.3. The van der Waals surface area contributed by atoms with E-state index in [0.29, 0.717) is 5.92 Å². The van der Waals surface area contributed by atoms with Crippen LogP contribution in [-0.2, 0) is 9.47 Å². The highest BCUT2D eigenvalue weighted by molar-refractivity contribution is 5.39. The van der Waals surface area contributed by atoms with Crippen molar-refractivity contribution in [3.63, 3.8) is 0 Å². The number of hydrogen-bond acceptors (Lipinski definition) is 2. The lowest BCUT2D eigenvalue weighted by Crippen LogP contribution is -2.26. The number of ether oxygens (including phenoxy) is 2. The van der Waals surface area contributed by atoms with Crippen molar-refractivity contribution in [3.05, 3.63) is 12.2 Å². The molecule has 13 heavy (non-hydrogen) atoms. The van der Waals surface area contributed by atoms with Gasteiger partial charge in [-0.25, -0.2) is 0 Å². The molecule has 0 aromatic heterocycles. The van der Waals surface area contributed by atoms with Crippen LogP contribution in [0.3, 0.4) is 0 Å². The van der Waals surface area contributed by atoms with E-state index in [-0.39, 0.29) is 5.60 Å². The number of fused-ring (bicyclic) bond motifs is 4. The van der Waals surface area contributed by atoms with Gasteiger partial charge >= 0.3 is 0 Å². The molecule has 1 saturated heterocycles. The minimum absolute atomic E-state index is 0.235. The molecule has 2 saturated carbocycles. The fourth-order valence-electron chi connectivity index (χ4n) is 4.36. The zero-order valence-corrected chi connectivity index (χ0v) is 7.77. The van der Waals surface area contributed by atoms with Crippen molar-refractivity contribution in [2.24, 2.45) is 29.6 Å². The first kappa shape index (κ1) is 7.02. The van der Waals surface area contributed by atoms with Gasteiger partial charge in [-0.2, -0.15) is 0 Å². The van der Waals surface area contributed by atoms with Crippen molar-refractivity contribution in [1.82, 2.24) is 0 Å².